The van der Waals surface area contributed by atoms with Gasteiger partial charge in [-0.1, -0.05) is 6.32 Å². The number of aliphatic hydroxyl groups is 1. The van der Waals surface area contributed by atoms with Crippen LogP contribution < -0.4 is 0 Å². The van der Waals surface area contributed by atoms with Gasteiger partial charge in [0.25, 0.3) is 5.24 Å². The van der Waals surface area contributed by atoms with Crippen molar-refractivity contribution in [3.05, 3.63) is 0 Å². The molecule has 0 saturated heterocycles. The summed E-state index contributed by atoms with van der Waals surface area (Å²) in [7, 11) is 4.95. The number of hydrogen-bond donors (Lipinski definition) is 1. The van der Waals surface area contributed by atoms with E-state index in [-0.39, 0.29) is 6.32 Å². The highest BCUT2D eigenvalue weighted by atomic mass is 35.5. The van der Waals surface area contributed by atoms with Crippen LogP contribution in [0.25, 0.3) is 0 Å². The average Bonchev–Trinajstić information content (AvgIpc) is 1.67. The first-order valence-corrected chi connectivity index (χ1v) is 2.51. The minimum absolute atomic E-state index is 0.144. The molecule has 0 heterocycles. The summed E-state index contributed by atoms with van der Waals surface area (Å²) in [4.78, 5) is 10.1. The molecule has 0 aromatic heterocycles. The van der Waals surface area contributed by atoms with Crippen molar-refractivity contribution in [3.63, 3.8) is 0 Å². The Bertz CT molecular complexity index is 102. The maximum Gasteiger partial charge on any atom is 0.252 e. The number of hydrogen-bond acceptors (Lipinski definition) is 2. The van der Waals surface area contributed by atoms with Crippen LogP contribution in [0.15, 0.2) is 0 Å². The zero-order valence-corrected chi connectivity index (χ0v) is 5.27. The molecule has 0 amide bonds. The Hall–Kier alpha value is -0.0151. The molecular formula is C4H6BClO2. The minimum atomic E-state index is -1.55. The first kappa shape index (κ1) is 7.98. The third kappa shape index (κ3) is 1.84. The van der Waals surface area contributed by atoms with E-state index in [9.17, 15) is 4.79 Å². The van der Waals surface area contributed by atoms with Crippen LogP contribution in [-0.4, -0.2) is 23.8 Å². The molecule has 8 heavy (non-hydrogen) atoms. The van der Waals surface area contributed by atoms with Crippen molar-refractivity contribution in [2.24, 2.45) is 0 Å². The molecule has 4 heteroatoms. The van der Waals surface area contributed by atoms with Crippen molar-refractivity contribution in [1.82, 2.24) is 0 Å². The zero-order chi connectivity index (χ0) is 6.78. The molecule has 0 spiro atoms. The van der Waals surface area contributed by atoms with Crippen molar-refractivity contribution >= 4 is 24.7 Å². The molecule has 0 unspecified atom stereocenters. The Labute approximate surface area is 54.2 Å². The SMILES string of the molecule is [B]C[C@](C)(O)C(=O)Cl. The number of carbonyl (C=O) groups is 1. The van der Waals surface area contributed by atoms with E-state index in [4.69, 9.17) is 24.6 Å². The van der Waals surface area contributed by atoms with Gasteiger partial charge in [0, 0.05) is 0 Å². The summed E-state index contributed by atoms with van der Waals surface area (Å²) in [6.45, 7) is 1.27. The Morgan fingerprint density at radius 1 is 2.00 bits per heavy atom. The third-order valence-electron chi connectivity index (χ3n) is 0.821. The molecule has 0 aliphatic heterocycles. The van der Waals surface area contributed by atoms with Gasteiger partial charge in [-0.05, 0) is 18.5 Å². The van der Waals surface area contributed by atoms with Gasteiger partial charge in [-0.2, -0.15) is 0 Å². The molecule has 2 nitrogen and oxygen atoms in total. The van der Waals surface area contributed by atoms with Crippen LogP contribution in [0.5, 0.6) is 0 Å². The van der Waals surface area contributed by atoms with Gasteiger partial charge in [-0.3, -0.25) is 4.79 Å². The molecule has 0 fully saturated rings. The quantitative estimate of drug-likeness (QED) is 0.427. The van der Waals surface area contributed by atoms with E-state index in [1.54, 1.807) is 0 Å². The second-order valence-corrected chi connectivity index (χ2v) is 2.09. The number of halogens is 1. The smallest absolute Gasteiger partial charge is 0.252 e. The first-order valence-electron chi connectivity index (χ1n) is 2.13. The lowest BCUT2D eigenvalue weighted by Crippen LogP contribution is -2.30. The van der Waals surface area contributed by atoms with Crippen LogP contribution in [0, 0.1) is 0 Å². The van der Waals surface area contributed by atoms with Gasteiger partial charge in [0.15, 0.2) is 0 Å². The van der Waals surface area contributed by atoms with Crippen LogP contribution >= 0.6 is 11.6 Å². The topological polar surface area (TPSA) is 37.3 Å². The summed E-state index contributed by atoms with van der Waals surface area (Å²) in [5.74, 6) is 0. The molecule has 44 valence electrons. The van der Waals surface area contributed by atoms with Crippen LogP contribution in [0.3, 0.4) is 0 Å². The molecule has 1 N–H and O–H groups in total. The highest BCUT2D eigenvalue weighted by molar-refractivity contribution is 6.65. The minimum Gasteiger partial charge on any atom is -0.382 e. The van der Waals surface area contributed by atoms with Gasteiger partial charge in [0.2, 0.25) is 0 Å². The predicted molar refractivity (Wildman–Crippen MR) is 32.0 cm³/mol. The lowest BCUT2D eigenvalue weighted by atomic mass is 9.90. The summed E-state index contributed by atoms with van der Waals surface area (Å²) in [6, 6.07) is 0. The molecule has 0 rings (SSSR count). The van der Waals surface area contributed by atoms with Crippen molar-refractivity contribution in [2.45, 2.75) is 18.8 Å². The Morgan fingerprint density at radius 2 is 2.38 bits per heavy atom. The molecule has 0 bridgehead atoms. The fourth-order valence-corrected chi connectivity index (χ4v) is 0.157. The second-order valence-electron chi connectivity index (χ2n) is 1.75. The van der Waals surface area contributed by atoms with Gasteiger partial charge < -0.3 is 5.11 Å². The lowest BCUT2D eigenvalue weighted by molar-refractivity contribution is -0.125. The van der Waals surface area contributed by atoms with Crippen molar-refractivity contribution in [2.75, 3.05) is 0 Å². The van der Waals surface area contributed by atoms with Gasteiger partial charge in [-0.25, -0.2) is 0 Å². The van der Waals surface area contributed by atoms with Crippen LogP contribution in [0.1, 0.15) is 6.92 Å². The maximum absolute atomic E-state index is 10.1. The van der Waals surface area contributed by atoms with E-state index < -0.39 is 10.8 Å². The lowest BCUT2D eigenvalue weighted by Gasteiger charge is -2.14. The Morgan fingerprint density at radius 3 is 2.38 bits per heavy atom. The van der Waals surface area contributed by atoms with Crippen LogP contribution in [0.2, 0.25) is 6.32 Å². The summed E-state index contributed by atoms with van der Waals surface area (Å²) in [5.41, 5.74) is -1.55. The van der Waals surface area contributed by atoms with E-state index in [0.717, 1.165) is 0 Å². The second kappa shape index (κ2) is 2.51. The molecule has 2 radical (unpaired) electrons. The van der Waals surface area contributed by atoms with E-state index in [1.807, 2.05) is 0 Å². The summed E-state index contributed by atoms with van der Waals surface area (Å²) in [5, 5.41) is 7.97. The van der Waals surface area contributed by atoms with Gasteiger partial charge >= 0.3 is 0 Å². The summed E-state index contributed by atoms with van der Waals surface area (Å²) < 4.78 is 0. The van der Waals surface area contributed by atoms with E-state index in [1.165, 1.54) is 6.92 Å². The largest absolute Gasteiger partial charge is 0.382 e. The average molecular weight is 132 g/mol. The Balaban J connectivity index is 3.91. The first-order chi connectivity index (χ1) is 3.50. The van der Waals surface area contributed by atoms with E-state index in [2.05, 4.69) is 0 Å². The third-order valence-corrected chi connectivity index (χ3v) is 1.23. The van der Waals surface area contributed by atoms with Gasteiger partial charge in [-0.15, -0.1) is 0 Å². The standard InChI is InChI=1S/C4H6BClO2/c1-4(8,2-5)3(6)7/h8H,2H2,1H3/t4-/m0/s1. The van der Waals surface area contributed by atoms with E-state index >= 15 is 0 Å². The molecule has 1 atom stereocenters. The van der Waals surface area contributed by atoms with Gasteiger partial charge in [0.05, 0.1) is 7.85 Å². The fraction of sp³-hybridized carbons (Fsp3) is 0.750. The number of carbonyl (C=O) groups excluding carboxylic acids is 1. The molecule has 0 aliphatic rings. The molecular weight excluding hydrogens is 126 g/mol. The maximum atomic E-state index is 10.1. The Kier molecular flexibility index (Phi) is 2.50. The molecule has 0 aromatic carbocycles. The highest BCUT2D eigenvalue weighted by Crippen LogP contribution is 2.10. The zero-order valence-electron chi connectivity index (χ0n) is 4.52. The predicted octanol–water partition coefficient (Wildman–Crippen LogP) is 0.0896. The van der Waals surface area contributed by atoms with Crippen molar-refractivity contribution < 1.29 is 9.90 Å². The molecule has 0 aromatic rings. The molecule has 0 saturated carbocycles. The highest BCUT2D eigenvalue weighted by Gasteiger charge is 2.24. The van der Waals surface area contributed by atoms with Gasteiger partial charge in [0.1, 0.15) is 5.60 Å². The monoisotopic (exact) mass is 132 g/mol. The van der Waals surface area contributed by atoms with Crippen molar-refractivity contribution in [3.8, 4) is 0 Å². The fourth-order valence-electron chi connectivity index (χ4n) is 0.0802. The summed E-state index contributed by atoms with van der Waals surface area (Å²) in [6.07, 6.45) is -0.144. The van der Waals surface area contributed by atoms with Crippen LogP contribution in [-0.2, 0) is 4.79 Å². The van der Waals surface area contributed by atoms with Crippen molar-refractivity contribution in [1.29, 1.82) is 0 Å². The van der Waals surface area contributed by atoms with Crippen LogP contribution in [0.4, 0.5) is 0 Å². The molecule has 0 aliphatic carbocycles. The summed E-state index contributed by atoms with van der Waals surface area (Å²) >= 11 is 4.90. The normalized spacial score (nSPS) is 17.4. The van der Waals surface area contributed by atoms with E-state index in [0.29, 0.717) is 0 Å². The number of rotatable bonds is 2.